The fraction of sp³-hybridized carbons (Fsp3) is 0.200. The van der Waals surface area contributed by atoms with Crippen LogP contribution in [0, 0.1) is 0 Å². The molecule has 1 aromatic heterocycles. The molecule has 26 heavy (non-hydrogen) atoms. The first-order valence-corrected chi connectivity index (χ1v) is 8.32. The van der Waals surface area contributed by atoms with Crippen LogP contribution >= 0.6 is 0 Å². The standard InChI is InChI=1S/C20H20N2O4/c1-13(26-14-7-3-2-4-8-14)11-12-25-19-17(20(23)24)18(21)15-9-5-6-10-16(15)22-19/h2-10,13H,11-12H2,1H3,(H2,21,22)(H,23,24). The highest BCUT2D eigenvalue weighted by atomic mass is 16.5. The van der Waals surface area contributed by atoms with E-state index in [0.29, 0.717) is 17.3 Å². The van der Waals surface area contributed by atoms with E-state index < -0.39 is 5.97 Å². The predicted molar refractivity (Wildman–Crippen MR) is 99.8 cm³/mol. The molecule has 3 aromatic rings. The number of nitrogens with zero attached hydrogens (tertiary/aromatic N) is 1. The molecule has 1 atom stereocenters. The highest BCUT2D eigenvalue weighted by Crippen LogP contribution is 2.30. The van der Waals surface area contributed by atoms with E-state index >= 15 is 0 Å². The lowest BCUT2D eigenvalue weighted by molar-refractivity contribution is 0.0692. The van der Waals surface area contributed by atoms with E-state index in [9.17, 15) is 9.90 Å². The van der Waals surface area contributed by atoms with Gasteiger partial charge in [0.1, 0.15) is 11.3 Å². The molecule has 2 aromatic carbocycles. The Hall–Kier alpha value is -3.28. The number of carboxylic acids is 1. The number of hydrogen-bond acceptors (Lipinski definition) is 5. The van der Waals surface area contributed by atoms with E-state index in [4.69, 9.17) is 15.2 Å². The fourth-order valence-corrected chi connectivity index (χ4v) is 2.64. The van der Waals surface area contributed by atoms with Gasteiger partial charge in [-0.1, -0.05) is 36.4 Å². The molecule has 0 bridgehead atoms. The summed E-state index contributed by atoms with van der Waals surface area (Å²) in [5.41, 5.74) is 6.67. The largest absolute Gasteiger partial charge is 0.491 e. The smallest absolute Gasteiger partial charge is 0.343 e. The van der Waals surface area contributed by atoms with Gasteiger partial charge in [-0.3, -0.25) is 0 Å². The summed E-state index contributed by atoms with van der Waals surface area (Å²) in [6, 6.07) is 16.6. The van der Waals surface area contributed by atoms with Crippen LogP contribution in [0.15, 0.2) is 54.6 Å². The minimum atomic E-state index is -1.16. The molecule has 0 radical (unpaired) electrons. The first-order valence-electron chi connectivity index (χ1n) is 8.32. The normalized spacial score (nSPS) is 11.9. The minimum absolute atomic E-state index is 0.0283. The summed E-state index contributed by atoms with van der Waals surface area (Å²) in [5, 5.41) is 10.1. The second kappa shape index (κ2) is 7.74. The van der Waals surface area contributed by atoms with Gasteiger partial charge in [-0.25, -0.2) is 9.78 Å². The maximum absolute atomic E-state index is 11.6. The Morgan fingerprint density at radius 3 is 2.58 bits per heavy atom. The Kier molecular flexibility index (Phi) is 5.22. The van der Waals surface area contributed by atoms with E-state index in [0.717, 1.165) is 5.75 Å². The summed E-state index contributed by atoms with van der Waals surface area (Å²) in [4.78, 5) is 15.9. The van der Waals surface area contributed by atoms with Gasteiger partial charge in [0.2, 0.25) is 5.88 Å². The Balaban J connectivity index is 1.72. The molecule has 0 aliphatic rings. The highest BCUT2D eigenvalue weighted by Gasteiger charge is 2.20. The lowest BCUT2D eigenvalue weighted by Gasteiger charge is -2.16. The van der Waals surface area contributed by atoms with Crippen molar-refractivity contribution in [2.75, 3.05) is 12.3 Å². The number of rotatable bonds is 7. The molecule has 0 saturated heterocycles. The Labute approximate surface area is 151 Å². The highest BCUT2D eigenvalue weighted by molar-refractivity contribution is 6.05. The van der Waals surface area contributed by atoms with E-state index in [-0.39, 0.29) is 29.8 Å². The fourth-order valence-electron chi connectivity index (χ4n) is 2.64. The van der Waals surface area contributed by atoms with Gasteiger partial charge in [0, 0.05) is 11.8 Å². The average Bonchev–Trinajstić information content (AvgIpc) is 2.62. The summed E-state index contributed by atoms with van der Waals surface area (Å²) >= 11 is 0. The predicted octanol–water partition coefficient (Wildman–Crippen LogP) is 3.75. The summed E-state index contributed by atoms with van der Waals surface area (Å²) < 4.78 is 11.4. The molecule has 3 N–H and O–H groups in total. The lowest BCUT2D eigenvalue weighted by Crippen LogP contribution is -2.17. The van der Waals surface area contributed by atoms with Gasteiger partial charge in [0.25, 0.3) is 0 Å². The molecule has 6 nitrogen and oxygen atoms in total. The van der Waals surface area contributed by atoms with Crippen LogP contribution < -0.4 is 15.2 Å². The van der Waals surface area contributed by atoms with E-state index in [1.165, 1.54) is 0 Å². The molecule has 1 heterocycles. The molecule has 6 heteroatoms. The van der Waals surface area contributed by atoms with Crippen molar-refractivity contribution in [3.05, 3.63) is 60.2 Å². The van der Waals surface area contributed by atoms with Crippen molar-refractivity contribution < 1.29 is 19.4 Å². The number of ether oxygens (including phenoxy) is 2. The zero-order valence-corrected chi connectivity index (χ0v) is 14.4. The molecule has 0 saturated carbocycles. The van der Waals surface area contributed by atoms with E-state index in [2.05, 4.69) is 4.98 Å². The van der Waals surface area contributed by atoms with Crippen LogP contribution in [-0.4, -0.2) is 28.8 Å². The minimum Gasteiger partial charge on any atom is -0.491 e. The van der Waals surface area contributed by atoms with Gasteiger partial charge < -0.3 is 20.3 Å². The molecule has 0 aliphatic heterocycles. The number of pyridine rings is 1. The number of carboxylic acid groups (broad SMARTS) is 1. The summed E-state index contributed by atoms with van der Waals surface area (Å²) in [6.07, 6.45) is 0.478. The van der Waals surface area contributed by atoms with Crippen LogP contribution in [0.4, 0.5) is 5.69 Å². The van der Waals surface area contributed by atoms with Crippen molar-refractivity contribution in [2.24, 2.45) is 0 Å². The van der Waals surface area contributed by atoms with Gasteiger partial charge in [-0.2, -0.15) is 0 Å². The zero-order valence-electron chi connectivity index (χ0n) is 14.4. The SMILES string of the molecule is CC(CCOc1nc2ccccc2c(N)c1C(=O)O)Oc1ccccc1. The number of carbonyl (C=O) groups is 1. The van der Waals surface area contributed by atoms with Gasteiger partial charge in [-0.05, 0) is 25.1 Å². The number of anilines is 1. The third-order valence-corrected chi connectivity index (χ3v) is 3.96. The lowest BCUT2D eigenvalue weighted by atomic mass is 10.1. The number of para-hydroxylation sites is 2. The molecular weight excluding hydrogens is 332 g/mol. The number of fused-ring (bicyclic) bond motifs is 1. The zero-order chi connectivity index (χ0) is 18.5. The Morgan fingerprint density at radius 2 is 1.85 bits per heavy atom. The topological polar surface area (TPSA) is 94.7 Å². The summed E-state index contributed by atoms with van der Waals surface area (Å²) in [7, 11) is 0. The number of nitrogen functional groups attached to an aromatic ring is 1. The van der Waals surface area contributed by atoms with Gasteiger partial charge in [0.05, 0.1) is 23.9 Å². The molecule has 0 aliphatic carbocycles. The quantitative estimate of drug-likeness (QED) is 0.672. The monoisotopic (exact) mass is 352 g/mol. The number of hydrogen-bond donors (Lipinski definition) is 2. The second-order valence-electron chi connectivity index (χ2n) is 5.91. The first-order chi connectivity index (χ1) is 12.6. The number of nitrogens with two attached hydrogens (primary N) is 1. The molecular formula is C20H20N2O4. The van der Waals surface area contributed by atoms with Crippen molar-refractivity contribution in [3.63, 3.8) is 0 Å². The third kappa shape index (κ3) is 3.85. The van der Waals surface area contributed by atoms with Crippen LogP contribution in [0.5, 0.6) is 11.6 Å². The van der Waals surface area contributed by atoms with Crippen molar-refractivity contribution in [3.8, 4) is 11.6 Å². The maximum Gasteiger partial charge on any atom is 0.343 e. The molecule has 0 fully saturated rings. The molecule has 0 amide bonds. The van der Waals surface area contributed by atoms with Crippen LogP contribution in [0.1, 0.15) is 23.7 Å². The molecule has 3 rings (SSSR count). The summed E-state index contributed by atoms with van der Waals surface area (Å²) in [6.45, 7) is 2.19. The van der Waals surface area contributed by atoms with Gasteiger partial charge in [-0.15, -0.1) is 0 Å². The first kappa shape index (κ1) is 17.5. The van der Waals surface area contributed by atoms with Crippen LogP contribution in [-0.2, 0) is 0 Å². The number of benzene rings is 2. The molecule has 0 spiro atoms. The van der Waals surface area contributed by atoms with Crippen LogP contribution in [0.2, 0.25) is 0 Å². The Morgan fingerprint density at radius 1 is 1.15 bits per heavy atom. The number of aromatic carboxylic acids is 1. The average molecular weight is 352 g/mol. The van der Waals surface area contributed by atoms with E-state index in [1.807, 2.05) is 43.3 Å². The van der Waals surface area contributed by atoms with Crippen molar-refractivity contribution in [1.29, 1.82) is 0 Å². The second-order valence-corrected chi connectivity index (χ2v) is 5.91. The van der Waals surface area contributed by atoms with E-state index in [1.54, 1.807) is 18.2 Å². The van der Waals surface area contributed by atoms with Crippen LogP contribution in [0.25, 0.3) is 10.9 Å². The van der Waals surface area contributed by atoms with Crippen molar-refractivity contribution in [2.45, 2.75) is 19.4 Å². The Bertz CT molecular complexity index is 912. The molecule has 1 unspecified atom stereocenters. The van der Waals surface area contributed by atoms with Crippen molar-refractivity contribution in [1.82, 2.24) is 4.98 Å². The molecule has 134 valence electrons. The maximum atomic E-state index is 11.6. The van der Waals surface area contributed by atoms with Crippen molar-refractivity contribution >= 4 is 22.6 Å². The van der Waals surface area contributed by atoms with Crippen LogP contribution in [0.3, 0.4) is 0 Å². The third-order valence-electron chi connectivity index (χ3n) is 3.96. The number of aromatic nitrogens is 1. The van der Waals surface area contributed by atoms with Gasteiger partial charge >= 0.3 is 5.97 Å². The summed E-state index contributed by atoms with van der Waals surface area (Å²) in [5.74, 6) is -0.357. The van der Waals surface area contributed by atoms with Gasteiger partial charge in [0.15, 0.2) is 0 Å².